The quantitative estimate of drug-likeness (QED) is 0.595. The molecule has 4 N–H and O–H groups in total. The van der Waals surface area contributed by atoms with Crippen LogP contribution in [0.15, 0.2) is 23.5 Å². The number of pyridine rings is 1. The highest BCUT2D eigenvalue weighted by Gasteiger charge is 2.24. The van der Waals surface area contributed by atoms with E-state index in [1.165, 1.54) is 0 Å². The molecule has 0 spiro atoms. The van der Waals surface area contributed by atoms with Gasteiger partial charge in [0.2, 0.25) is 5.96 Å². The molecule has 6 nitrogen and oxygen atoms in total. The number of fused-ring (bicyclic) bond motifs is 1. The summed E-state index contributed by atoms with van der Waals surface area (Å²) in [7, 11) is 0. The molecule has 1 unspecified atom stereocenters. The summed E-state index contributed by atoms with van der Waals surface area (Å²) in [5, 5.41) is 8.12. The van der Waals surface area contributed by atoms with Gasteiger partial charge in [0.25, 0.3) is 0 Å². The maximum absolute atomic E-state index is 13.5. The third-order valence-corrected chi connectivity index (χ3v) is 3.88. The van der Waals surface area contributed by atoms with Crippen LogP contribution in [0.2, 0.25) is 0 Å². The largest absolute Gasteiger partial charge is 0.368 e. The highest BCUT2D eigenvalue weighted by molar-refractivity contribution is 5.93. The molecule has 3 heterocycles. The summed E-state index contributed by atoms with van der Waals surface area (Å²) in [6.07, 6.45) is 6.61. The number of aliphatic imine (C=N–C) groups is 1. The van der Waals surface area contributed by atoms with Gasteiger partial charge in [-0.15, -0.1) is 0 Å². The van der Waals surface area contributed by atoms with Gasteiger partial charge in [0, 0.05) is 42.8 Å². The average molecular weight is 302 g/mol. The molecule has 0 amide bonds. The van der Waals surface area contributed by atoms with E-state index in [-0.39, 0.29) is 5.96 Å². The van der Waals surface area contributed by atoms with E-state index in [0.717, 1.165) is 35.2 Å². The number of aryl methyl sites for hydroxylation is 1. The predicted octanol–water partition coefficient (Wildman–Crippen LogP) is 2.01. The standard InChI is InChI=1S/C15H19FN6/c16-11-4-7-22(9-11)12-3-6-19-14-13(12)10(8-21-14)2-1-5-20-15(17)18/h3,5-6,8,11H,1-2,4,7,9H2,(H3,17,18)(H,19,21). The zero-order valence-electron chi connectivity index (χ0n) is 12.2. The van der Waals surface area contributed by atoms with E-state index in [1.807, 2.05) is 12.3 Å². The normalized spacial score (nSPS) is 18.6. The molecule has 2 aromatic heterocycles. The highest BCUT2D eigenvalue weighted by Crippen LogP contribution is 2.31. The van der Waals surface area contributed by atoms with Crippen LogP contribution in [-0.4, -0.2) is 41.4 Å². The number of H-pyrrole nitrogens is 1. The summed E-state index contributed by atoms with van der Waals surface area (Å²) in [6, 6.07) is 1.95. The van der Waals surface area contributed by atoms with Gasteiger partial charge >= 0.3 is 0 Å². The van der Waals surface area contributed by atoms with Crippen molar-refractivity contribution in [3.05, 3.63) is 24.0 Å². The first-order valence-corrected chi connectivity index (χ1v) is 7.35. The zero-order chi connectivity index (χ0) is 15.5. The van der Waals surface area contributed by atoms with Gasteiger partial charge in [-0.25, -0.2) is 14.4 Å². The Balaban J connectivity index is 1.86. The van der Waals surface area contributed by atoms with Crippen LogP contribution in [0.3, 0.4) is 0 Å². The Morgan fingerprint density at radius 2 is 2.50 bits per heavy atom. The SMILES string of the molecule is N=C(N)N=CCCc1c[nH]c2nccc(N3CCC(F)C3)c12. The second-order valence-corrected chi connectivity index (χ2v) is 5.44. The molecule has 0 saturated carbocycles. The van der Waals surface area contributed by atoms with Gasteiger partial charge in [-0.1, -0.05) is 0 Å². The number of guanidine groups is 1. The van der Waals surface area contributed by atoms with Gasteiger partial charge in [0.1, 0.15) is 11.8 Å². The maximum Gasteiger partial charge on any atom is 0.212 e. The van der Waals surface area contributed by atoms with Crippen molar-refractivity contribution >= 4 is 28.9 Å². The summed E-state index contributed by atoms with van der Waals surface area (Å²) in [5.41, 5.74) is 8.16. The Morgan fingerprint density at radius 3 is 3.23 bits per heavy atom. The minimum atomic E-state index is -0.756. The monoisotopic (exact) mass is 302 g/mol. The lowest BCUT2D eigenvalue weighted by Crippen LogP contribution is -2.20. The molecular weight excluding hydrogens is 283 g/mol. The first-order chi connectivity index (χ1) is 10.6. The van der Waals surface area contributed by atoms with Gasteiger partial charge < -0.3 is 15.6 Å². The molecule has 1 aliphatic rings. The number of nitrogens with two attached hydrogens (primary N) is 1. The molecule has 0 radical (unpaired) electrons. The smallest absolute Gasteiger partial charge is 0.212 e. The van der Waals surface area contributed by atoms with Gasteiger partial charge in [0.05, 0.1) is 0 Å². The number of aromatic amines is 1. The topological polar surface area (TPSA) is 94.2 Å². The highest BCUT2D eigenvalue weighted by atomic mass is 19.1. The molecule has 0 bridgehead atoms. The van der Waals surface area contributed by atoms with Gasteiger partial charge in [-0.3, -0.25) is 5.41 Å². The third-order valence-electron chi connectivity index (χ3n) is 3.88. The van der Waals surface area contributed by atoms with Crippen LogP contribution >= 0.6 is 0 Å². The number of halogens is 1. The molecule has 22 heavy (non-hydrogen) atoms. The van der Waals surface area contributed by atoms with Crippen LogP contribution in [0.5, 0.6) is 0 Å². The van der Waals surface area contributed by atoms with Crippen molar-refractivity contribution in [2.75, 3.05) is 18.0 Å². The van der Waals surface area contributed by atoms with Crippen molar-refractivity contribution in [3.8, 4) is 0 Å². The number of aromatic nitrogens is 2. The van der Waals surface area contributed by atoms with Crippen molar-refractivity contribution in [2.45, 2.75) is 25.4 Å². The Hall–Kier alpha value is -2.44. The predicted molar refractivity (Wildman–Crippen MR) is 86.5 cm³/mol. The molecular formula is C15H19FN6. The number of alkyl halides is 1. The van der Waals surface area contributed by atoms with E-state index in [2.05, 4.69) is 19.9 Å². The second-order valence-electron chi connectivity index (χ2n) is 5.44. The summed E-state index contributed by atoms with van der Waals surface area (Å²) in [6.45, 7) is 1.17. The fourth-order valence-electron chi connectivity index (χ4n) is 2.89. The fraction of sp³-hybridized carbons (Fsp3) is 0.400. The lowest BCUT2D eigenvalue weighted by Gasteiger charge is -2.19. The number of hydrogen-bond acceptors (Lipinski definition) is 3. The summed E-state index contributed by atoms with van der Waals surface area (Å²) < 4.78 is 13.5. The Kier molecular flexibility index (Phi) is 4.04. The Labute approximate surface area is 127 Å². The first-order valence-electron chi connectivity index (χ1n) is 7.35. The number of hydrogen-bond donors (Lipinski definition) is 3. The van der Waals surface area contributed by atoms with Crippen LogP contribution < -0.4 is 10.6 Å². The first kappa shape index (κ1) is 14.5. The van der Waals surface area contributed by atoms with Crippen LogP contribution in [0.1, 0.15) is 18.4 Å². The van der Waals surface area contributed by atoms with E-state index < -0.39 is 6.17 Å². The number of rotatable bonds is 4. The maximum atomic E-state index is 13.5. The lowest BCUT2D eigenvalue weighted by molar-refractivity contribution is 0.364. The molecule has 0 aliphatic carbocycles. The fourth-order valence-corrected chi connectivity index (χ4v) is 2.89. The third kappa shape index (κ3) is 2.93. The molecule has 1 saturated heterocycles. The molecule has 1 fully saturated rings. The molecule has 0 aromatic carbocycles. The van der Waals surface area contributed by atoms with E-state index >= 15 is 0 Å². The van der Waals surface area contributed by atoms with E-state index in [0.29, 0.717) is 19.4 Å². The van der Waals surface area contributed by atoms with Gasteiger partial charge in [-0.05, 0) is 30.9 Å². The molecule has 7 heteroatoms. The van der Waals surface area contributed by atoms with E-state index in [4.69, 9.17) is 11.1 Å². The van der Waals surface area contributed by atoms with E-state index in [1.54, 1.807) is 12.4 Å². The van der Waals surface area contributed by atoms with Crippen molar-refractivity contribution in [2.24, 2.45) is 10.7 Å². The molecule has 116 valence electrons. The molecule has 3 rings (SSSR count). The van der Waals surface area contributed by atoms with Crippen molar-refractivity contribution in [1.29, 1.82) is 5.41 Å². The molecule has 1 atom stereocenters. The molecule has 1 aliphatic heterocycles. The average Bonchev–Trinajstić information content (AvgIpc) is 3.10. The minimum Gasteiger partial charge on any atom is -0.368 e. The van der Waals surface area contributed by atoms with Crippen LogP contribution in [-0.2, 0) is 6.42 Å². The van der Waals surface area contributed by atoms with Crippen molar-refractivity contribution in [3.63, 3.8) is 0 Å². The number of nitrogens with one attached hydrogen (secondary N) is 2. The second kappa shape index (κ2) is 6.13. The van der Waals surface area contributed by atoms with Crippen LogP contribution in [0, 0.1) is 5.41 Å². The Bertz CT molecular complexity index is 707. The lowest BCUT2D eigenvalue weighted by atomic mass is 10.1. The molecule has 2 aromatic rings. The van der Waals surface area contributed by atoms with Gasteiger partial charge in [0.15, 0.2) is 0 Å². The summed E-state index contributed by atoms with van der Waals surface area (Å²) >= 11 is 0. The number of nitrogens with zero attached hydrogens (tertiary/aromatic N) is 3. The van der Waals surface area contributed by atoms with Crippen molar-refractivity contribution < 1.29 is 4.39 Å². The summed E-state index contributed by atoms with van der Waals surface area (Å²) in [5.74, 6) is -0.188. The number of anilines is 1. The Morgan fingerprint density at radius 1 is 1.64 bits per heavy atom. The van der Waals surface area contributed by atoms with Crippen molar-refractivity contribution in [1.82, 2.24) is 9.97 Å². The van der Waals surface area contributed by atoms with E-state index in [9.17, 15) is 4.39 Å². The summed E-state index contributed by atoms with van der Waals surface area (Å²) in [4.78, 5) is 13.4. The van der Waals surface area contributed by atoms with Crippen LogP contribution in [0.25, 0.3) is 11.0 Å². The minimum absolute atomic E-state index is 0.188. The van der Waals surface area contributed by atoms with Crippen LogP contribution in [0.4, 0.5) is 10.1 Å². The zero-order valence-corrected chi connectivity index (χ0v) is 12.2. The van der Waals surface area contributed by atoms with Gasteiger partial charge in [-0.2, -0.15) is 0 Å².